The van der Waals surface area contributed by atoms with Crippen LogP contribution in [0.25, 0.3) is 22.4 Å². The predicted octanol–water partition coefficient (Wildman–Crippen LogP) is 5.89. The molecular formula is C24H22N2. The summed E-state index contributed by atoms with van der Waals surface area (Å²) >= 11 is 0. The molecule has 2 heteroatoms. The van der Waals surface area contributed by atoms with Crippen LogP contribution in [0.1, 0.15) is 30.4 Å². The van der Waals surface area contributed by atoms with Gasteiger partial charge in [-0.25, -0.2) is 0 Å². The van der Waals surface area contributed by atoms with Crippen LogP contribution in [0, 0.1) is 11.3 Å². The third-order valence-corrected chi connectivity index (χ3v) is 5.11. The number of nitriles is 1. The number of hydrogen-bond donors (Lipinski definition) is 0. The van der Waals surface area contributed by atoms with Crippen molar-refractivity contribution in [3.05, 3.63) is 77.9 Å². The van der Waals surface area contributed by atoms with E-state index in [4.69, 9.17) is 0 Å². The van der Waals surface area contributed by atoms with Gasteiger partial charge in [0, 0.05) is 18.8 Å². The summed E-state index contributed by atoms with van der Waals surface area (Å²) in [5, 5.41) is 12.0. The van der Waals surface area contributed by atoms with Gasteiger partial charge in [-0.1, -0.05) is 48.5 Å². The zero-order valence-electron chi connectivity index (χ0n) is 14.9. The summed E-state index contributed by atoms with van der Waals surface area (Å²) in [6.07, 6.45) is 5.88. The van der Waals surface area contributed by atoms with Gasteiger partial charge in [-0.15, -0.1) is 0 Å². The Hall–Kier alpha value is -3.05. The van der Waals surface area contributed by atoms with E-state index in [1.54, 1.807) is 0 Å². The molecule has 1 aliphatic rings. The largest absolute Gasteiger partial charge is 0.372 e. The van der Waals surface area contributed by atoms with Crippen molar-refractivity contribution in [2.75, 3.05) is 18.0 Å². The number of fused-ring (bicyclic) bond motifs is 1. The van der Waals surface area contributed by atoms with Crippen LogP contribution in [0.15, 0.2) is 66.7 Å². The lowest BCUT2D eigenvalue weighted by Crippen LogP contribution is -2.29. The second-order valence-electron chi connectivity index (χ2n) is 6.87. The van der Waals surface area contributed by atoms with E-state index in [1.165, 1.54) is 30.3 Å². The summed E-state index contributed by atoms with van der Waals surface area (Å²) in [7, 11) is 0. The highest BCUT2D eigenvalue weighted by atomic mass is 15.1. The van der Waals surface area contributed by atoms with E-state index >= 15 is 0 Å². The van der Waals surface area contributed by atoms with Crippen molar-refractivity contribution in [1.29, 1.82) is 5.26 Å². The highest BCUT2D eigenvalue weighted by Gasteiger charge is 2.10. The predicted molar refractivity (Wildman–Crippen MR) is 110 cm³/mol. The minimum absolute atomic E-state index is 0.696. The fourth-order valence-corrected chi connectivity index (χ4v) is 3.64. The van der Waals surface area contributed by atoms with Gasteiger partial charge < -0.3 is 4.90 Å². The standard InChI is InChI=1S/C24H22N2/c25-18-23(22-11-10-20-6-2-3-7-21(20)17-22)16-19-8-12-24(13-9-19)26-14-4-1-5-15-26/h2-3,6-13,16-17H,1,4-5,14-15H2/b23-16-. The molecule has 1 saturated heterocycles. The summed E-state index contributed by atoms with van der Waals surface area (Å²) in [5.41, 5.74) is 4.01. The summed E-state index contributed by atoms with van der Waals surface area (Å²) in [6.45, 7) is 2.30. The minimum atomic E-state index is 0.696. The molecule has 3 aromatic rings. The molecule has 1 heterocycles. The number of benzene rings is 3. The van der Waals surface area contributed by atoms with E-state index in [0.717, 1.165) is 29.6 Å². The Balaban J connectivity index is 1.61. The lowest BCUT2D eigenvalue weighted by Gasteiger charge is -2.28. The summed E-state index contributed by atoms with van der Waals surface area (Å²) in [5.74, 6) is 0. The molecule has 0 atom stereocenters. The Labute approximate surface area is 155 Å². The van der Waals surface area contributed by atoms with Crippen LogP contribution in [0.3, 0.4) is 0 Å². The molecule has 1 aliphatic heterocycles. The number of allylic oxidation sites excluding steroid dienone is 1. The van der Waals surface area contributed by atoms with Crippen molar-refractivity contribution >= 4 is 28.1 Å². The first-order chi connectivity index (χ1) is 12.8. The van der Waals surface area contributed by atoms with Gasteiger partial charge in [-0.05, 0) is 65.4 Å². The molecule has 3 aromatic carbocycles. The van der Waals surface area contributed by atoms with Crippen molar-refractivity contribution in [3.63, 3.8) is 0 Å². The normalized spacial score (nSPS) is 15.0. The van der Waals surface area contributed by atoms with E-state index in [2.05, 4.69) is 59.5 Å². The highest BCUT2D eigenvalue weighted by molar-refractivity contribution is 5.94. The Kier molecular flexibility index (Phi) is 4.71. The molecule has 0 saturated carbocycles. The fourth-order valence-electron chi connectivity index (χ4n) is 3.64. The maximum Gasteiger partial charge on any atom is 0.0998 e. The van der Waals surface area contributed by atoms with Gasteiger partial charge in [0.05, 0.1) is 11.6 Å². The van der Waals surface area contributed by atoms with Crippen LogP contribution in [0.2, 0.25) is 0 Å². The topological polar surface area (TPSA) is 27.0 Å². The van der Waals surface area contributed by atoms with Gasteiger partial charge in [-0.3, -0.25) is 0 Å². The van der Waals surface area contributed by atoms with Crippen LogP contribution in [0.4, 0.5) is 5.69 Å². The highest BCUT2D eigenvalue weighted by Crippen LogP contribution is 2.25. The lowest BCUT2D eigenvalue weighted by atomic mass is 10.00. The summed E-state index contributed by atoms with van der Waals surface area (Å²) < 4.78 is 0. The van der Waals surface area contributed by atoms with Gasteiger partial charge in [0.15, 0.2) is 0 Å². The smallest absolute Gasteiger partial charge is 0.0998 e. The third kappa shape index (κ3) is 3.48. The minimum Gasteiger partial charge on any atom is -0.372 e. The van der Waals surface area contributed by atoms with Crippen LogP contribution in [-0.2, 0) is 0 Å². The van der Waals surface area contributed by atoms with E-state index in [0.29, 0.717) is 5.57 Å². The van der Waals surface area contributed by atoms with Crippen LogP contribution in [-0.4, -0.2) is 13.1 Å². The van der Waals surface area contributed by atoms with E-state index in [1.807, 2.05) is 24.3 Å². The molecule has 0 spiro atoms. The van der Waals surface area contributed by atoms with Crippen molar-refractivity contribution in [1.82, 2.24) is 0 Å². The van der Waals surface area contributed by atoms with Crippen molar-refractivity contribution in [3.8, 4) is 6.07 Å². The molecule has 0 unspecified atom stereocenters. The average molecular weight is 338 g/mol. The first-order valence-electron chi connectivity index (χ1n) is 9.29. The molecule has 4 rings (SSSR count). The van der Waals surface area contributed by atoms with Gasteiger partial charge >= 0.3 is 0 Å². The Morgan fingerprint density at radius 1 is 0.846 bits per heavy atom. The number of rotatable bonds is 3. The van der Waals surface area contributed by atoms with E-state index in [9.17, 15) is 5.26 Å². The third-order valence-electron chi connectivity index (χ3n) is 5.11. The van der Waals surface area contributed by atoms with Crippen LogP contribution in [0.5, 0.6) is 0 Å². The van der Waals surface area contributed by atoms with E-state index in [-0.39, 0.29) is 0 Å². The average Bonchev–Trinajstić information content (AvgIpc) is 2.73. The monoisotopic (exact) mass is 338 g/mol. The number of hydrogen-bond acceptors (Lipinski definition) is 2. The molecule has 0 aliphatic carbocycles. The Morgan fingerprint density at radius 2 is 1.58 bits per heavy atom. The number of anilines is 1. The summed E-state index contributed by atoms with van der Waals surface area (Å²) in [4.78, 5) is 2.45. The maximum atomic E-state index is 9.64. The molecule has 0 bridgehead atoms. The quantitative estimate of drug-likeness (QED) is 0.439. The molecule has 0 aromatic heterocycles. The SMILES string of the molecule is N#C/C(=C/c1ccc(N2CCCCC2)cc1)c1ccc2ccccc2c1. The molecule has 128 valence electrons. The molecule has 0 N–H and O–H groups in total. The second-order valence-corrected chi connectivity index (χ2v) is 6.87. The first kappa shape index (κ1) is 16.4. The fraction of sp³-hybridized carbons (Fsp3) is 0.208. The summed E-state index contributed by atoms with van der Waals surface area (Å²) in [6, 6.07) is 25.4. The zero-order chi connectivity index (χ0) is 17.8. The van der Waals surface area contributed by atoms with Crippen LogP contribution >= 0.6 is 0 Å². The maximum absolute atomic E-state index is 9.64. The van der Waals surface area contributed by atoms with Gasteiger partial charge in [0.1, 0.15) is 0 Å². The number of piperidine rings is 1. The van der Waals surface area contributed by atoms with Crippen LogP contribution < -0.4 is 4.90 Å². The van der Waals surface area contributed by atoms with Gasteiger partial charge in [0.25, 0.3) is 0 Å². The van der Waals surface area contributed by atoms with E-state index < -0.39 is 0 Å². The Bertz CT molecular complexity index is 971. The van der Waals surface area contributed by atoms with Gasteiger partial charge in [0.2, 0.25) is 0 Å². The lowest BCUT2D eigenvalue weighted by molar-refractivity contribution is 0.578. The number of nitrogens with zero attached hydrogens (tertiary/aromatic N) is 2. The molecule has 2 nitrogen and oxygen atoms in total. The molecule has 1 fully saturated rings. The van der Waals surface area contributed by atoms with Crippen molar-refractivity contribution in [2.24, 2.45) is 0 Å². The zero-order valence-corrected chi connectivity index (χ0v) is 14.9. The second kappa shape index (κ2) is 7.45. The molecule has 26 heavy (non-hydrogen) atoms. The Morgan fingerprint density at radius 3 is 2.31 bits per heavy atom. The van der Waals surface area contributed by atoms with Crippen molar-refractivity contribution < 1.29 is 0 Å². The molecular weight excluding hydrogens is 316 g/mol. The van der Waals surface area contributed by atoms with Gasteiger partial charge in [-0.2, -0.15) is 5.26 Å². The van der Waals surface area contributed by atoms with Crippen molar-refractivity contribution in [2.45, 2.75) is 19.3 Å². The molecule has 0 amide bonds. The molecule has 0 radical (unpaired) electrons. The first-order valence-corrected chi connectivity index (χ1v) is 9.29.